The highest BCUT2D eigenvalue weighted by atomic mass is 35.5. The predicted molar refractivity (Wildman–Crippen MR) is 106 cm³/mol. The number of hydrogen-bond donors (Lipinski definition) is 1. The van der Waals surface area contributed by atoms with Crippen molar-refractivity contribution in [3.8, 4) is 0 Å². The molecule has 11 heteroatoms. The highest BCUT2D eigenvalue weighted by Gasteiger charge is 2.20. The van der Waals surface area contributed by atoms with Gasteiger partial charge < -0.3 is 5.32 Å². The molecule has 8 nitrogen and oxygen atoms in total. The molecule has 0 aliphatic rings. The first kappa shape index (κ1) is 18.5. The summed E-state index contributed by atoms with van der Waals surface area (Å²) in [5.41, 5.74) is 1.45. The number of carbonyl (C=O) groups is 1. The fraction of sp³-hybridized carbons (Fsp3) is 0. The fourth-order valence-electron chi connectivity index (χ4n) is 2.62. The van der Waals surface area contributed by atoms with Crippen molar-refractivity contribution in [3.63, 3.8) is 0 Å². The van der Waals surface area contributed by atoms with E-state index in [0.29, 0.717) is 16.7 Å². The zero-order chi connectivity index (χ0) is 19.9. The van der Waals surface area contributed by atoms with Crippen molar-refractivity contribution in [2.75, 3.05) is 5.32 Å². The second-order valence-corrected chi connectivity index (χ2v) is 8.21. The normalized spacial score (nSPS) is 11.6. The number of hydrogen-bond acceptors (Lipinski definition) is 5. The maximum Gasteiger partial charge on any atom is 0.334 e. The highest BCUT2D eigenvalue weighted by Crippen LogP contribution is 2.20. The molecule has 0 aliphatic heterocycles. The molecule has 0 radical (unpaired) electrons. The largest absolute Gasteiger partial charge is 0.334 e. The number of imidazole rings is 1. The molecule has 0 fully saturated rings. The van der Waals surface area contributed by atoms with E-state index in [-0.39, 0.29) is 15.9 Å². The summed E-state index contributed by atoms with van der Waals surface area (Å²) in [5.74, 6) is -0.525. The molecule has 0 unspecified atom stereocenters. The van der Waals surface area contributed by atoms with E-state index in [1.54, 1.807) is 24.3 Å². The Morgan fingerprint density at radius 1 is 1.07 bits per heavy atom. The summed E-state index contributed by atoms with van der Waals surface area (Å²) in [6, 6.07) is 11.1. The average Bonchev–Trinajstić information content (AvgIpc) is 3.29. The summed E-state index contributed by atoms with van der Waals surface area (Å²) in [6.07, 6.45) is 3.72. The number of anilines is 1. The predicted octanol–water partition coefficient (Wildman–Crippen LogP) is 3.43. The molecule has 0 spiro atoms. The molecule has 0 saturated heterocycles. The molecule has 0 bridgehead atoms. The van der Waals surface area contributed by atoms with Gasteiger partial charge in [-0.05, 0) is 30.3 Å². The Labute approximate surface area is 169 Å². The van der Waals surface area contributed by atoms with Gasteiger partial charge in [-0.2, -0.15) is 8.42 Å². The number of nitrogens with zero attached hydrogens (tertiary/aromatic N) is 4. The van der Waals surface area contributed by atoms with Gasteiger partial charge >= 0.3 is 10.2 Å². The topological polar surface area (TPSA) is 98.9 Å². The molecular formula is C17H11Cl2N5O3S. The third kappa shape index (κ3) is 3.35. The van der Waals surface area contributed by atoms with E-state index in [0.717, 1.165) is 7.94 Å². The molecule has 4 rings (SSSR count). The summed E-state index contributed by atoms with van der Waals surface area (Å²) in [7, 11) is -3.98. The molecule has 28 heavy (non-hydrogen) atoms. The molecule has 0 aliphatic carbocycles. The molecule has 1 N–H and O–H groups in total. The maximum absolute atomic E-state index is 12.9. The highest BCUT2D eigenvalue weighted by molar-refractivity contribution is 7.88. The summed E-state index contributed by atoms with van der Waals surface area (Å²) in [5, 5.41) is 2.83. The second kappa shape index (κ2) is 6.93. The van der Waals surface area contributed by atoms with Crippen molar-refractivity contribution in [1.82, 2.24) is 17.9 Å². The zero-order valence-corrected chi connectivity index (χ0v) is 16.3. The van der Waals surface area contributed by atoms with E-state index in [9.17, 15) is 13.2 Å². The fourth-order valence-corrected chi connectivity index (χ4v) is 4.31. The van der Waals surface area contributed by atoms with E-state index < -0.39 is 16.1 Å². The van der Waals surface area contributed by atoms with Gasteiger partial charge in [0.05, 0.1) is 16.6 Å². The Hall–Kier alpha value is -2.88. The van der Waals surface area contributed by atoms with Crippen LogP contribution in [-0.2, 0) is 10.2 Å². The summed E-state index contributed by atoms with van der Waals surface area (Å²) >= 11 is 11.6. The molecule has 3 aromatic heterocycles. The van der Waals surface area contributed by atoms with Gasteiger partial charge in [0, 0.05) is 18.1 Å². The monoisotopic (exact) mass is 435 g/mol. The number of pyridine rings is 1. The first-order valence-electron chi connectivity index (χ1n) is 7.85. The van der Waals surface area contributed by atoms with Crippen molar-refractivity contribution in [3.05, 3.63) is 77.1 Å². The van der Waals surface area contributed by atoms with E-state index in [1.807, 2.05) is 0 Å². The van der Waals surface area contributed by atoms with Crippen LogP contribution < -0.4 is 5.32 Å². The van der Waals surface area contributed by atoms with Crippen molar-refractivity contribution in [2.24, 2.45) is 0 Å². The van der Waals surface area contributed by atoms with E-state index >= 15 is 0 Å². The Balaban J connectivity index is 1.64. The number of para-hydroxylation sites is 2. The Morgan fingerprint density at radius 2 is 1.79 bits per heavy atom. The number of rotatable bonds is 4. The van der Waals surface area contributed by atoms with Crippen molar-refractivity contribution >= 4 is 56.0 Å². The van der Waals surface area contributed by atoms with Crippen LogP contribution >= 0.6 is 23.2 Å². The molecule has 142 valence electrons. The van der Waals surface area contributed by atoms with Crippen LogP contribution in [-0.4, -0.2) is 32.2 Å². The Bertz CT molecular complexity index is 1290. The minimum absolute atomic E-state index is 0.120. The van der Waals surface area contributed by atoms with Crippen molar-refractivity contribution in [2.45, 2.75) is 0 Å². The van der Waals surface area contributed by atoms with Gasteiger partial charge in [-0.3, -0.25) is 4.79 Å². The van der Waals surface area contributed by atoms with Gasteiger partial charge in [-0.15, -0.1) is 0 Å². The number of carbonyl (C=O) groups excluding carboxylic acids is 1. The smallest absolute Gasteiger partial charge is 0.322 e. The number of fused-ring (bicyclic) bond motifs is 1. The first-order chi connectivity index (χ1) is 13.3. The molecular weight excluding hydrogens is 425 g/mol. The van der Waals surface area contributed by atoms with Crippen LogP contribution in [0.4, 0.5) is 5.69 Å². The lowest BCUT2D eigenvalue weighted by molar-refractivity contribution is 0.102. The number of aromatic nitrogens is 4. The van der Waals surface area contributed by atoms with E-state index in [1.165, 1.54) is 36.9 Å². The van der Waals surface area contributed by atoms with Crippen LogP contribution in [0.3, 0.4) is 0 Å². The van der Waals surface area contributed by atoms with Gasteiger partial charge in [0.25, 0.3) is 5.91 Å². The summed E-state index contributed by atoms with van der Waals surface area (Å²) in [4.78, 5) is 20.3. The van der Waals surface area contributed by atoms with Crippen LogP contribution in [0.25, 0.3) is 11.0 Å². The van der Waals surface area contributed by atoms with Gasteiger partial charge in [-0.25, -0.2) is 17.9 Å². The molecule has 0 saturated carbocycles. The lowest BCUT2D eigenvalue weighted by Crippen LogP contribution is -2.19. The lowest BCUT2D eigenvalue weighted by atomic mass is 10.3. The van der Waals surface area contributed by atoms with Crippen molar-refractivity contribution in [1.29, 1.82) is 0 Å². The Kier molecular flexibility index (Phi) is 4.58. The van der Waals surface area contributed by atoms with Gasteiger partial charge in [0.1, 0.15) is 16.6 Å². The third-order valence-electron chi connectivity index (χ3n) is 3.89. The minimum atomic E-state index is -3.98. The third-order valence-corrected chi connectivity index (χ3v) is 5.82. The summed E-state index contributed by atoms with van der Waals surface area (Å²) < 4.78 is 27.8. The van der Waals surface area contributed by atoms with E-state index in [4.69, 9.17) is 23.2 Å². The molecule has 1 aromatic carbocycles. The van der Waals surface area contributed by atoms with Crippen molar-refractivity contribution < 1.29 is 13.2 Å². The zero-order valence-electron chi connectivity index (χ0n) is 14.0. The number of benzene rings is 1. The summed E-state index contributed by atoms with van der Waals surface area (Å²) in [6.45, 7) is 0. The number of halogens is 2. The average molecular weight is 436 g/mol. The van der Waals surface area contributed by atoms with Crippen LogP contribution in [0, 0.1) is 0 Å². The van der Waals surface area contributed by atoms with Crippen LogP contribution in [0.5, 0.6) is 0 Å². The first-order valence-corrected chi connectivity index (χ1v) is 10.0. The molecule has 3 heterocycles. The quantitative estimate of drug-likeness (QED) is 0.495. The molecule has 4 aromatic rings. The lowest BCUT2D eigenvalue weighted by Gasteiger charge is -2.07. The van der Waals surface area contributed by atoms with Crippen LogP contribution in [0.2, 0.25) is 10.3 Å². The van der Waals surface area contributed by atoms with Crippen LogP contribution in [0.1, 0.15) is 10.4 Å². The number of amides is 1. The Morgan fingerprint density at radius 3 is 2.54 bits per heavy atom. The minimum Gasteiger partial charge on any atom is -0.322 e. The molecule has 0 atom stereocenters. The van der Waals surface area contributed by atoms with E-state index in [2.05, 4.69) is 15.3 Å². The van der Waals surface area contributed by atoms with Crippen LogP contribution in [0.15, 0.2) is 61.2 Å². The maximum atomic E-state index is 12.9. The van der Waals surface area contributed by atoms with Gasteiger partial charge in [-0.1, -0.05) is 35.3 Å². The molecule has 1 amide bonds. The van der Waals surface area contributed by atoms with Gasteiger partial charge in [0.15, 0.2) is 0 Å². The standard InChI is InChI=1S/C17H11Cl2N5O3S/c18-15-7-12(8-16(19)22-15)21-17(25)11-5-6-23(9-11)28(26,27)24-10-20-13-3-1-2-4-14(13)24/h1-10H,(H,21,22,25). The second-order valence-electron chi connectivity index (χ2n) is 5.72. The SMILES string of the molecule is O=C(Nc1cc(Cl)nc(Cl)c1)c1ccn(S(=O)(=O)n2cnc3ccccc32)c1. The number of nitrogens with one attached hydrogen (secondary N) is 1. The van der Waals surface area contributed by atoms with Gasteiger partial charge in [0.2, 0.25) is 0 Å².